The molecule has 0 saturated carbocycles. The average Bonchev–Trinajstić information content (AvgIpc) is 2.93. The monoisotopic (exact) mass is 464 g/mol. The smallest absolute Gasteiger partial charge is 1.00 e. The van der Waals surface area contributed by atoms with Gasteiger partial charge < -0.3 is 24.8 Å². The molecule has 0 aromatic rings. The van der Waals surface area contributed by atoms with Crippen molar-refractivity contribution < 1.29 is 50.7 Å². The molecule has 0 heterocycles. The van der Waals surface area contributed by atoms with Crippen LogP contribution in [0.15, 0.2) is 48.7 Å². The van der Waals surface area contributed by atoms with Gasteiger partial charge in [0, 0.05) is 0 Å². The number of allylic oxidation sites excluding steroid dienone is 8. The van der Waals surface area contributed by atoms with Crippen LogP contribution in [0, 0.1) is 12.2 Å². The van der Waals surface area contributed by atoms with Gasteiger partial charge in [0.05, 0.1) is 8.07 Å². The second-order valence-corrected chi connectivity index (χ2v) is 8.90. The Morgan fingerprint density at radius 1 is 1.22 bits per heavy atom. The quantitative estimate of drug-likeness (QED) is 0.329. The van der Waals surface area contributed by atoms with Crippen LogP contribution in [0.5, 0.6) is 0 Å². The Morgan fingerprint density at radius 3 is 2.17 bits per heavy atom. The van der Waals surface area contributed by atoms with E-state index in [0.717, 1.165) is 6.42 Å². The summed E-state index contributed by atoms with van der Waals surface area (Å²) in [6.07, 6.45) is 19.6. The summed E-state index contributed by atoms with van der Waals surface area (Å²) in [4.78, 5) is 0. The Hall–Kier alpha value is 0.367. The van der Waals surface area contributed by atoms with E-state index < -0.39 is 8.07 Å². The first-order valence-electron chi connectivity index (χ1n) is 5.28. The van der Waals surface area contributed by atoms with E-state index in [-0.39, 0.29) is 50.7 Å². The van der Waals surface area contributed by atoms with Gasteiger partial charge in [-0.2, -0.15) is 12.2 Å². The Labute approximate surface area is 144 Å². The molecule has 0 aromatic heterocycles. The van der Waals surface area contributed by atoms with Gasteiger partial charge in [0.15, 0.2) is 0 Å². The largest absolute Gasteiger partial charge is 4.00 e. The molecule has 18 heavy (non-hydrogen) atoms. The first-order valence-corrected chi connectivity index (χ1v) is 8.43. The average molecular weight is 464 g/mol. The molecule has 0 amide bonds. The van der Waals surface area contributed by atoms with Gasteiger partial charge in [0.25, 0.3) is 0 Å². The minimum Gasteiger partial charge on any atom is -1.00 e. The van der Waals surface area contributed by atoms with Crippen LogP contribution in [0.4, 0.5) is 0 Å². The van der Waals surface area contributed by atoms with Crippen LogP contribution in [0.3, 0.4) is 0 Å². The van der Waals surface area contributed by atoms with E-state index in [9.17, 15) is 0 Å². The van der Waals surface area contributed by atoms with Gasteiger partial charge in [0.1, 0.15) is 0 Å². The third-order valence-electron chi connectivity index (χ3n) is 2.59. The van der Waals surface area contributed by atoms with E-state index >= 15 is 0 Å². The summed E-state index contributed by atoms with van der Waals surface area (Å²) < 4.78 is 0. The SMILES string of the molecule is C=C[Si](C)(C)C1[C-]=CC=C1.[C-]1=CC=CC1.[Cl-].[Cl-].[Hf+4]. The summed E-state index contributed by atoms with van der Waals surface area (Å²) in [5.41, 5.74) is 2.68. The molecule has 2 rings (SSSR count). The standard InChI is InChI=1S/C9H13Si.C5H5.2ClH.Hf/c1-4-10(2,3)9-7-5-6-8-9;1-2-4-5-3-1;;;/h4-7,9H,1H2,2-3H3;1-3H,4H2;2*1H;/q2*-1;;;+4/p-2. The summed E-state index contributed by atoms with van der Waals surface area (Å²) >= 11 is 0. The van der Waals surface area contributed by atoms with E-state index in [1.165, 1.54) is 0 Å². The van der Waals surface area contributed by atoms with Crippen LogP contribution in [-0.4, -0.2) is 8.07 Å². The summed E-state index contributed by atoms with van der Waals surface area (Å²) in [5, 5.41) is 0. The van der Waals surface area contributed by atoms with Crippen LogP contribution < -0.4 is 24.8 Å². The first-order chi connectivity index (χ1) is 7.17. The van der Waals surface area contributed by atoms with Crippen molar-refractivity contribution in [1.29, 1.82) is 0 Å². The molecule has 0 bridgehead atoms. The fourth-order valence-electron chi connectivity index (χ4n) is 1.31. The number of halogens is 2. The van der Waals surface area contributed by atoms with Crippen molar-refractivity contribution in [3.63, 3.8) is 0 Å². The van der Waals surface area contributed by atoms with Crippen LogP contribution in [0.2, 0.25) is 18.6 Å². The van der Waals surface area contributed by atoms with E-state index in [2.05, 4.69) is 55.8 Å². The van der Waals surface area contributed by atoms with E-state index in [1.807, 2.05) is 18.2 Å². The molecule has 0 N–H and O–H groups in total. The minimum atomic E-state index is -1.21. The minimum absolute atomic E-state index is 0. The maximum atomic E-state index is 3.85. The molecule has 0 aliphatic heterocycles. The van der Waals surface area contributed by atoms with Gasteiger partial charge in [-0.15, -0.1) is 18.7 Å². The molecule has 0 radical (unpaired) electrons. The van der Waals surface area contributed by atoms with Gasteiger partial charge >= 0.3 is 25.8 Å². The van der Waals surface area contributed by atoms with Gasteiger partial charge in [-0.05, 0) is 0 Å². The summed E-state index contributed by atoms with van der Waals surface area (Å²) in [6.45, 7) is 8.46. The second kappa shape index (κ2) is 12.4. The van der Waals surface area contributed by atoms with E-state index in [4.69, 9.17) is 0 Å². The molecule has 1 atom stereocenters. The van der Waals surface area contributed by atoms with Crippen molar-refractivity contribution in [2.45, 2.75) is 25.1 Å². The maximum Gasteiger partial charge on any atom is 4.00 e. The number of hydrogen-bond donors (Lipinski definition) is 0. The fourth-order valence-corrected chi connectivity index (χ4v) is 2.70. The predicted octanol–water partition coefficient (Wildman–Crippen LogP) is -1.97. The second-order valence-electron chi connectivity index (χ2n) is 4.22. The van der Waals surface area contributed by atoms with Crippen LogP contribution in [0.25, 0.3) is 0 Å². The van der Waals surface area contributed by atoms with Crippen molar-refractivity contribution in [3.8, 4) is 0 Å². The van der Waals surface area contributed by atoms with Crippen LogP contribution in [0.1, 0.15) is 6.42 Å². The Kier molecular flexibility index (Phi) is 16.2. The normalized spacial score (nSPS) is 18.0. The topological polar surface area (TPSA) is 0 Å². The molecule has 0 spiro atoms. The molecular weight excluding hydrogens is 446 g/mol. The molecule has 96 valence electrons. The fraction of sp³-hybridized carbons (Fsp3) is 0.286. The Balaban J connectivity index is -0.000000245. The van der Waals surface area contributed by atoms with Gasteiger partial charge in [-0.25, -0.2) is 24.3 Å². The third-order valence-corrected chi connectivity index (χ3v) is 5.60. The summed E-state index contributed by atoms with van der Waals surface area (Å²) in [6, 6.07) is 0. The third kappa shape index (κ3) is 8.47. The molecule has 2 aliphatic rings. The van der Waals surface area contributed by atoms with Crippen molar-refractivity contribution in [2.75, 3.05) is 0 Å². The Morgan fingerprint density at radius 2 is 1.89 bits per heavy atom. The zero-order chi connectivity index (χ0) is 11.1. The van der Waals surface area contributed by atoms with Crippen molar-refractivity contribution in [1.82, 2.24) is 0 Å². The Bertz CT molecular complexity index is 309. The van der Waals surface area contributed by atoms with E-state index in [1.54, 1.807) is 0 Å². The van der Waals surface area contributed by atoms with E-state index in [0.29, 0.717) is 5.54 Å². The van der Waals surface area contributed by atoms with Gasteiger partial charge in [0.2, 0.25) is 0 Å². The maximum absolute atomic E-state index is 3.85. The molecule has 0 saturated heterocycles. The van der Waals surface area contributed by atoms with Crippen molar-refractivity contribution in [3.05, 3.63) is 60.9 Å². The first kappa shape index (κ1) is 23.5. The molecule has 0 aromatic carbocycles. The molecule has 0 fully saturated rings. The molecule has 2 aliphatic carbocycles. The molecule has 1 unspecified atom stereocenters. The van der Waals surface area contributed by atoms with Crippen molar-refractivity contribution in [2.24, 2.45) is 0 Å². The molecular formula is C14H18Cl2HfSi. The van der Waals surface area contributed by atoms with Gasteiger partial charge in [-0.1, -0.05) is 18.6 Å². The summed E-state index contributed by atoms with van der Waals surface area (Å²) in [5.74, 6) is 0. The zero-order valence-corrected chi connectivity index (χ0v) is 16.9. The molecule has 0 nitrogen and oxygen atoms in total. The summed E-state index contributed by atoms with van der Waals surface area (Å²) in [7, 11) is -1.21. The van der Waals surface area contributed by atoms with Crippen LogP contribution in [-0.2, 0) is 25.8 Å². The molecule has 4 heteroatoms. The van der Waals surface area contributed by atoms with Crippen LogP contribution >= 0.6 is 0 Å². The number of rotatable bonds is 2. The number of hydrogen-bond acceptors (Lipinski definition) is 0. The predicted molar refractivity (Wildman–Crippen MR) is 70.0 cm³/mol. The van der Waals surface area contributed by atoms with Crippen molar-refractivity contribution >= 4 is 8.07 Å². The zero-order valence-electron chi connectivity index (χ0n) is 10.8. The van der Waals surface area contributed by atoms with Gasteiger partial charge in [-0.3, -0.25) is 12.2 Å².